The molecule has 5 rings (SSSR count). The number of hydrogen-bond donors (Lipinski definition) is 0. The summed E-state index contributed by atoms with van der Waals surface area (Å²) in [6, 6.07) is 11.3. The number of anilines is 1. The molecule has 0 unspecified atom stereocenters. The van der Waals surface area contributed by atoms with Crippen LogP contribution in [0.5, 0.6) is 0 Å². The number of amides is 1. The molecule has 168 valence electrons. The Labute approximate surface area is 196 Å². The molecule has 6 nitrogen and oxygen atoms in total. The first-order chi connectivity index (χ1) is 15.3. The number of thiophene rings is 1. The van der Waals surface area contributed by atoms with Crippen LogP contribution in [0.4, 0.5) is 10.5 Å². The summed E-state index contributed by atoms with van der Waals surface area (Å²) in [4.78, 5) is 14.3. The summed E-state index contributed by atoms with van der Waals surface area (Å²) < 4.78 is 35.1. The molecule has 0 saturated carbocycles. The Balaban J connectivity index is 1.38. The molecule has 3 heterocycles. The largest absolute Gasteiger partial charge is 0.444 e. The van der Waals surface area contributed by atoms with Gasteiger partial charge in [-0.1, -0.05) is 29.3 Å². The summed E-state index contributed by atoms with van der Waals surface area (Å²) in [6.07, 6.45) is 0.745. The number of sulfonamides is 1. The Bertz CT molecular complexity index is 1330. The Morgan fingerprint density at radius 1 is 1.09 bits per heavy atom. The zero-order valence-corrected chi connectivity index (χ0v) is 20.2. The second-order valence-corrected chi connectivity index (χ2v) is 12.0. The summed E-state index contributed by atoms with van der Waals surface area (Å²) in [5, 5.41) is 1.46. The highest BCUT2D eigenvalue weighted by Crippen LogP contribution is 2.38. The maximum atomic E-state index is 13.4. The van der Waals surface area contributed by atoms with Crippen molar-refractivity contribution in [3.8, 4) is 0 Å². The highest BCUT2D eigenvalue weighted by molar-refractivity contribution is 7.91. The topological polar surface area (TPSA) is 66.9 Å². The third-order valence-electron chi connectivity index (χ3n) is 6.26. The lowest BCUT2D eigenvalue weighted by Crippen LogP contribution is -2.50. The molecule has 0 bridgehead atoms. The van der Waals surface area contributed by atoms with Crippen LogP contribution in [0.1, 0.15) is 29.5 Å². The number of halogens is 1. The second kappa shape index (κ2) is 8.02. The molecular formula is C23H23ClN2O4S2. The third-order valence-corrected chi connectivity index (χ3v) is 10.3. The van der Waals surface area contributed by atoms with E-state index in [0.717, 1.165) is 32.5 Å². The van der Waals surface area contributed by atoms with Gasteiger partial charge in [0, 0.05) is 34.4 Å². The maximum absolute atomic E-state index is 13.4. The number of nitrogens with zero attached hydrogens (tertiary/aromatic N) is 2. The van der Waals surface area contributed by atoms with E-state index in [0.29, 0.717) is 35.2 Å². The van der Waals surface area contributed by atoms with Crippen LogP contribution in [0.2, 0.25) is 5.02 Å². The average Bonchev–Trinajstić information content (AvgIpc) is 3.10. The van der Waals surface area contributed by atoms with Crippen molar-refractivity contribution in [2.45, 2.75) is 43.5 Å². The molecule has 1 fully saturated rings. The molecule has 0 aliphatic carbocycles. The third kappa shape index (κ3) is 3.59. The molecule has 0 N–H and O–H groups in total. The van der Waals surface area contributed by atoms with Crippen molar-refractivity contribution < 1.29 is 17.9 Å². The molecule has 9 heteroatoms. The van der Waals surface area contributed by atoms with E-state index in [-0.39, 0.29) is 18.7 Å². The minimum absolute atomic E-state index is 0.0991. The first kappa shape index (κ1) is 21.7. The van der Waals surface area contributed by atoms with Gasteiger partial charge >= 0.3 is 6.09 Å². The van der Waals surface area contributed by atoms with E-state index in [2.05, 4.69) is 0 Å². The van der Waals surface area contributed by atoms with E-state index in [1.165, 1.54) is 15.6 Å². The van der Waals surface area contributed by atoms with Crippen molar-refractivity contribution >= 4 is 54.8 Å². The number of benzene rings is 2. The number of piperidine rings is 1. The molecular weight excluding hydrogens is 468 g/mol. The number of aryl methyl sites for hydroxylation is 2. The highest BCUT2D eigenvalue weighted by atomic mass is 35.5. The van der Waals surface area contributed by atoms with Crippen LogP contribution in [-0.4, -0.2) is 37.9 Å². The predicted octanol–water partition coefficient (Wildman–Crippen LogP) is 5.48. The van der Waals surface area contributed by atoms with Crippen molar-refractivity contribution in [3.63, 3.8) is 0 Å². The van der Waals surface area contributed by atoms with E-state index < -0.39 is 10.0 Å². The summed E-state index contributed by atoms with van der Waals surface area (Å²) >= 11 is 7.39. The standard InChI is InChI=1S/C23H23ClN2O4S2/c1-14-3-5-20-16(11-14)13-30-23(27)26(20)18-7-9-25(10-8-18)32(28,29)22-15(2)19-12-17(24)4-6-21(19)31-22/h3-6,11-12,18H,7-10,13H2,1-2H3. The first-order valence-corrected chi connectivity index (χ1v) is 13.1. The summed E-state index contributed by atoms with van der Waals surface area (Å²) in [7, 11) is -3.63. The van der Waals surface area contributed by atoms with Gasteiger partial charge in [-0.2, -0.15) is 4.31 Å². The Morgan fingerprint density at radius 2 is 1.84 bits per heavy atom. The molecule has 3 aromatic rings. The summed E-state index contributed by atoms with van der Waals surface area (Å²) in [6.45, 7) is 4.82. The van der Waals surface area contributed by atoms with Crippen LogP contribution in [-0.2, 0) is 21.4 Å². The number of fused-ring (bicyclic) bond motifs is 2. The van der Waals surface area contributed by atoms with Gasteiger partial charge < -0.3 is 4.74 Å². The van der Waals surface area contributed by atoms with Gasteiger partial charge in [-0.3, -0.25) is 4.90 Å². The molecule has 2 aliphatic heterocycles. The van der Waals surface area contributed by atoms with Gasteiger partial charge in [0.1, 0.15) is 10.8 Å². The van der Waals surface area contributed by atoms with Gasteiger partial charge in [0.05, 0.1) is 5.69 Å². The van der Waals surface area contributed by atoms with Gasteiger partial charge in [-0.25, -0.2) is 13.2 Å². The van der Waals surface area contributed by atoms with Crippen LogP contribution >= 0.6 is 22.9 Å². The number of carbonyl (C=O) groups is 1. The SMILES string of the molecule is Cc1ccc2c(c1)COC(=O)N2C1CCN(S(=O)(=O)c2sc3ccc(Cl)cc3c2C)CC1. The average molecular weight is 491 g/mol. The summed E-state index contributed by atoms with van der Waals surface area (Å²) in [5.74, 6) is 0. The molecule has 1 amide bonds. The fourth-order valence-corrected chi connectivity index (χ4v) is 8.12. The molecule has 0 radical (unpaired) electrons. The van der Waals surface area contributed by atoms with Gasteiger partial charge in [0.25, 0.3) is 10.0 Å². The van der Waals surface area contributed by atoms with Crippen molar-refractivity contribution in [2.75, 3.05) is 18.0 Å². The number of ether oxygens (including phenoxy) is 1. The minimum atomic E-state index is -3.63. The van der Waals surface area contributed by atoms with Crippen LogP contribution in [0, 0.1) is 13.8 Å². The zero-order valence-electron chi connectivity index (χ0n) is 17.8. The minimum Gasteiger partial charge on any atom is -0.444 e. The Kier molecular flexibility index (Phi) is 5.44. The molecule has 2 aliphatic rings. The lowest BCUT2D eigenvalue weighted by Gasteiger charge is -2.39. The number of rotatable bonds is 3. The lowest BCUT2D eigenvalue weighted by atomic mass is 10.0. The van der Waals surface area contributed by atoms with E-state index in [4.69, 9.17) is 16.3 Å². The van der Waals surface area contributed by atoms with Gasteiger partial charge in [-0.05, 0) is 61.9 Å². The van der Waals surface area contributed by atoms with Crippen molar-refractivity contribution in [1.82, 2.24) is 4.31 Å². The molecule has 0 atom stereocenters. The van der Waals surface area contributed by atoms with Crippen LogP contribution in [0.15, 0.2) is 40.6 Å². The van der Waals surface area contributed by atoms with Crippen molar-refractivity contribution in [1.29, 1.82) is 0 Å². The summed E-state index contributed by atoms with van der Waals surface area (Å²) in [5.41, 5.74) is 3.70. The maximum Gasteiger partial charge on any atom is 0.414 e. The number of hydrogen-bond acceptors (Lipinski definition) is 5. The number of cyclic esters (lactones) is 1. The Hall–Kier alpha value is -2.13. The van der Waals surface area contributed by atoms with Crippen LogP contribution < -0.4 is 4.90 Å². The lowest BCUT2D eigenvalue weighted by molar-refractivity contribution is 0.135. The molecule has 1 saturated heterocycles. The smallest absolute Gasteiger partial charge is 0.414 e. The molecule has 32 heavy (non-hydrogen) atoms. The monoisotopic (exact) mass is 490 g/mol. The molecule has 2 aromatic carbocycles. The Morgan fingerprint density at radius 3 is 2.59 bits per heavy atom. The fraction of sp³-hybridized carbons (Fsp3) is 0.348. The van der Waals surface area contributed by atoms with Crippen molar-refractivity contribution in [3.05, 3.63) is 58.1 Å². The highest BCUT2D eigenvalue weighted by Gasteiger charge is 2.38. The van der Waals surface area contributed by atoms with Gasteiger partial charge in [-0.15, -0.1) is 11.3 Å². The first-order valence-electron chi connectivity index (χ1n) is 10.5. The van der Waals surface area contributed by atoms with E-state index in [1.54, 1.807) is 11.0 Å². The van der Waals surface area contributed by atoms with E-state index in [1.807, 2.05) is 44.2 Å². The fourth-order valence-electron chi connectivity index (χ4n) is 4.59. The predicted molar refractivity (Wildman–Crippen MR) is 127 cm³/mol. The van der Waals surface area contributed by atoms with Gasteiger partial charge in [0.15, 0.2) is 0 Å². The normalized spacial score (nSPS) is 18.1. The van der Waals surface area contributed by atoms with Crippen LogP contribution in [0.3, 0.4) is 0 Å². The van der Waals surface area contributed by atoms with E-state index >= 15 is 0 Å². The quantitative estimate of drug-likeness (QED) is 0.487. The van der Waals surface area contributed by atoms with Crippen molar-refractivity contribution in [2.24, 2.45) is 0 Å². The zero-order chi connectivity index (χ0) is 22.6. The second-order valence-electron chi connectivity index (χ2n) is 8.35. The van der Waals surface area contributed by atoms with Gasteiger partial charge in [0.2, 0.25) is 0 Å². The van der Waals surface area contributed by atoms with E-state index in [9.17, 15) is 13.2 Å². The number of carbonyl (C=O) groups excluding carboxylic acids is 1. The van der Waals surface area contributed by atoms with Crippen LogP contribution in [0.25, 0.3) is 10.1 Å². The molecule has 0 spiro atoms. The molecule has 1 aromatic heterocycles.